The Bertz CT molecular complexity index is 809. The minimum absolute atomic E-state index is 0.0763. The van der Waals surface area contributed by atoms with Crippen LogP contribution in [0, 0.1) is 6.92 Å². The number of pyridine rings is 1. The average molecular weight is 237 g/mol. The Morgan fingerprint density at radius 1 is 1.22 bits per heavy atom. The van der Waals surface area contributed by atoms with E-state index in [1.165, 1.54) is 0 Å². The number of hydrogen-bond acceptors (Lipinski definition) is 2. The van der Waals surface area contributed by atoms with Crippen molar-refractivity contribution >= 4 is 5.65 Å². The van der Waals surface area contributed by atoms with Crippen molar-refractivity contribution in [2.24, 2.45) is 0 Å². The summed E-state index contributed by atoms with van der Waals surface area (Å²) in [5.41, 5.74) is 2.52. The molecule has 3 nitrogen and oxygen atoms in total. The van der Waals surface area contributed by atoms with Crippen molar-refractivity contribution in [3.05, 3.63) is 70.6 Å². The van der Waals surface area contributed by atoms with Gasteiger partial charge in [0.05, 0.1) is 7.06 Å². The molecule has 0 amide bonds. The minimum atomic E-state index is -0.496. The zero-order valence-electron chi connectivity index (χ0n) is 10.9. The van der Waals surface area contributed by atoms with E-state index in [1.807, 2.05) is 55.6 Å². The zero-order chi connectivity index (χ0) is 13.4. The number of rotatable bonds is 1. The van der Waals surface area contributed by atoms with Gasteiger partial charge in [-0.25, -0.2) is 0 Å². The van der Waals surface area contributed by atoms with E-state index in [2.05, 4.69) is 4.98 Å². The van der Waals surface area contributed by atoms with Gasteiger partial charge >= 0.3 is 0 Å². The summed E-state index contributed by atoms with van der Waals surface area (Å²) in [5.74, 6) is 0. The number of fused-ring (bicyclic) bond motifs is 1. The largest absolute Gasteiger partial charge is 0.301 e. The Kier molecular flexibility index (Phi) is 2.19. The molecule has 3 rings (SSSR count). The second kappa shape index (κ2) is 4.11. The smallest absolute Gasteiger partial charge is 0.273 e. The zero-order valence-corrected chi connectivity index (χ0v) is 9.92. The molecule has 2 aromatic heterocycles. The average Bonchev–Trinajstić information content (AvgIpc) is 2.41. The molecule has 0 unspecified atom stereocenters. The van der Waals surface area contributed by atoms with Gasteiger partial charge in [-0.15, -0.1) is 0 Å². The summed E-state index contributed by atoms with van der Waals surface area (Å²) in [4.78, 5) is 15.8. The first-order valence-corrected chi connectivity index (χ1v) is 5.72. The van der Waals surface area contributed by atoms with E-state index in [0.29, 0.717) is 11.3 Å². The van der Waals surface area contributed by atoms with E-state index in [0.717, 1.165) is 11.1 Å². The normalized spacial score (nSPS) is 11.5. The summed E-state index contributed by atoms with van der Waals surface area (Å²) in [6.45, 7) is 1.95. The highest BCUT2D eigenvalue weighted by atomic mass is 16.1. The molecule has 3 heteroatoms. The first kappa shape index (κ1) is 9.59. The predicted molar refractivity (Wildman–Crippen MR) is 71.6 cm³/mol. The molecule has 0 spiro atoms. The summed E-state index contributed by atoms with van der Waals surface area (Å²) < 4.78 is 9.76. The van der Waals surface area contributed by atoms with Gasteiger partial charge in [-0.1, -0.05) is 30.3 Å². The van der Waals surface area contributed by atoms with Crippen LogP contribution in [-0.2, 0) is 0 Å². The molecule has 18 heavy (non-hydrogen) atoms. The number of aryl methyl sites for hydroxylation is 1. The van der Waals surface area contributed by atoms with Crippen LogP contribution in [0.1, 0.15) is 6.93 Å². The maximum Gasteiger partial charge on any atom is 0.273 e. The van der Waals surface area contributed by atoms with E-state index >= 15 is 0 Å². The van der Waals surface area contributed by atoms with Crippen molar-refractivity contribution in [3.8, 4) is 11.3 Å². The second-order valence-electron chi connectivity index (χ2n) is 4.19. The van der Waals surface area contributed by atoms with Crippen LogP contribution in [0.15, 0.2) is 59.5 Å². The van der Waals surface area contributed by atoms with E-state index in [1.54, 1.807) is 4.40 Å². The maximum atomic E-state index is 11.8. The molecule has 2 heterocycles. The lowest BCUT2D eigenvalue weighted by Gasteiger charge is -2.08. The molecular formula is C15H12N2O. The van der Waals surface area contributed by atoms with Gasteiger partial charge in [0.25, 0.3) is 5.56 Å². The Morgan fingerprint density at radius 2 is 2.00 bits per heavy atom. The molecular weight excluding hydrogens is 224 g/mol. The Labute approximate surface area is 106 Å². The van der Waals surface area contributed by atoms with Gasteiger partial charge < -0.3 is 4.40 Å². The fraction of sp³-hybridized carbons (Fsp3) is 0.0667. The van der Waals surface area contributed by atoms with Crippen molar-refractivity contribution in [3.63, 3.8) is 0 Å². The van der Waals surface area contributed by atoms with E-state index in [9.17, 15) is 4.79 Å². The first-order valence-electron chi connectivity index (χ1n) is 6.22. The third kappa shape index (κ3) is 1.80. The molecule has 0 fully saturated rings. The van der Waals surface area contributed by atoms with E-state index < -0.39 is 5.56 Å². The highest BCUT2D eigenvalue weighted by Crippen LogP contribution is 2.18. The molecule has 0 saturated carbocycles. The Morgan fingerprint density at radius 3 is 2.78 bits per heavy atom. The van der Waals surface area contributed by atoms with Crippen molar-refractivity contribution < 1.29 is 1.37 Å². The Balaban J connectivity index is 2.46. The van der Waals surface area contributed by atoms with Crippen molar-refractivity contribution in [2.45, 2.75) is 6.92 Å². The van der Waals surface area contributed by atoms with Crippen LogP contribution < -0.4 is 5.56 Å². The van der Waals surface area contributed by atoms with Crippen LogP contribution in [0.3, 0.4) is 0 Å². The number of benzene rings is 1. The summed E-state index contributed by atoms with van der Waals surface area (Å²) in [6.07, 6.45) is 1.84. The van der Waals surface area contributed by atoms with E-state index in [-0.39, 0.29) is 6.04 Å². The molecule has 0 aliphatic rings. The fourth-order valence-corrected chi connectivity index (χ4v) is 1.97. The topological polar surface area (TPSA) is 34.4 Å². The van der Waals surface area contributed by atoms with Crippen molar-refractivity contribution in [2.75, 3.05) is 0 Å². The fourth-order valence-electron chi connectivity index (χ4n) is 1.97. The van der Waals surface area contributed by atoms with Crippen molar-refractivity contribution in [1.29, 1.82) is 0 Å². The second-order valence-corrected chi connectivity index (χ2v) is 4.19. The highest BCUT2D eigenvalue weighted by Gasteiger charge is 2.05. The first-order chi connectivity index (χ1) is 9.16. The molecule has 3 aromatic rings. The van der Waals surface area contributed by atoms with Gasteiger partial charge in [-0.2, -0.15) is 4.98 Å². The molecule has 0 N–H and O–H groups in total. The molecule has 0 aliphatic heterocycles. The van der Waals surface area contributed by atoms with Gasteiger partial charge in [-0.05, 0) is 30.2 Å². The predicted octanol–water partition coefficient (Wildman–Crippen LogP) is 2.67. The van der Waals surface area contributed by atoms with Crippen LogP contribution in [-0.4, -0.2) is 9.38 Å². The maximum absolute atomic E-state index is 11.8. The summed E-state index contributed by atoms with van der Waals surface area (Å²) in [5, 5.41) is 0. The molecule has 88 valence electrons. The molecule has 0 radical (unpaired) electrons. The lowest BCUT2D eigenvalue weighted by atomic mass is 10.1. The molecule has 0 bridgehead atoms. The SMILES string of the molecule is [2H]c1c(-c2ccccc2)n2ccc(C)cc2nc1=O. The van der Waals surface area contributed by atoms with E-state index in [4.69, 9.17) is 1.37 Å². The number of nitrogens with zero attached hydrogens (tertiary/aromatic N) is 2. The van der Waals surface area contributed by atoms with Crippen LogP contribution in [0.2, 0.25) is 0 Å². The van der Waals surface area contributed by atoms with Gasteiger partial charge in [0.2, 0.25) is 0 Å². The summed E-state index contributed by atoms with van der Waals surface area (Å²) >= 11 is 0. The highest BCUT2D eigenvalue weighted by molar-refractivity contribution is 5.62. The Hall–Kier alpha value is -2.42. The lowest BCUT2D eigenvalue weighted by Crippen LogP contribution is -2.10. The van der Waals surface area contributed by atoms with Crippen LogP contribution >= 0.6 is 0 Å². The van der Waals surface area contributed by atoms with Gasteiger partial charge in [0.1, 0.15) is 5.65 Å². The third-order valence-electron chi connectivity index (χ3n) is 2.82. The monoisotopic (exact) mass is 237 g/mol. The minimum Gasteiger partial charge on any atom is -0.301 e. The standard InChI is InChI=1S/C15H12N2O/c1-11-7-8-17-13(12-5-3-2-4-6-12)10-15(18)16-14(17)9-11/h2-10H,1H3/i10D. The third-order valence-corrected chi connectivity index (χ3v) is 2.82. The quantitative estimate of drug-likeness (QED) is 0.652. The van der Waals surface area contributed by atoms with Crippen molar-refractivity contribution in [1.82, 2.24) is 9.38 Å². The van der Waals surface area contributed by atoms with Gasteiger partial charge in [0, 0.05) is 12.2 Å². The summed E-state index contributed by atoms with van der Waals surface area (Å²) in [7, 11) is 0. The van der Waals surface area contributed by atoms with Gasteiger partial charge in [-0.3, -0.25) is 4.79 Å². The van der Waals surface area contributed by atoms with Gasteiger partial charge in [0.15, 0.2) is 0 Å². The molecule has 0 atom stereocenters. The number of hydrogen-bond donors (Lipinski definition) is 0. The van der Waals surface area contributed by atoms with Crippen LogP contribution in [0.5, 0.6) is 0 Å². The summed E-state index contributed by atoms with van der Waals surface area (Å²) in [6, 6.07) is 13.2. The molecule has 0 saturated heterocycles. The number of aromatic nitrogens is 2. The molecule has 1 aromatic carbocycles. The molecule has 0 aliphatic carbocycles. The lowest BCUT2D eigenvalue weighted by molar-refractivity contribution is 1.07. The van der Waals surface area contributed by atoms with Crippen LogP contribution in [0.4, 0.5) is 0 Å². The van der Waals surface area contributed by atoms with Crippen LogP contribution in [0.25, 0.3) is 16.9 Å².